The third-order valence-electron chi connectivity index (χ3n) is 3.03. The summed E-state index contributed by atoms with van der Waals surface area (Å²) in [5.74, 6) is -0.443. The summed E-state index contributed by atoms with van der Waals surface area (Å²) in [4.78, 5) is 11.8. The third kappa shape index (κ3) is 3.91. The van der Waals surface area contributed by atoms with E-state index in [9.17, 15) is 9.18 Å². The molecular weight excluding hydrogens is 257 g/mol. The van der Waals surface area contributed by atoms with Gasteiger partial charge in [0.2, 0.25) is 5.91 Å². The highest BCUT2D eigenvalue weighted by Gasteiger charge is 2.09. The molecule has 1 amide bonds. The minimum atomic E-state index is -0.323. The average Bonchev–Trinajstić information content (AvgIpc) is 2.83. The summed E-state index contributed by atoms with van der Waals surface area (Å²) in [6.07, 6.45) is 3.90. The van der Waals surface area contributed by atoms with Crippen LogP contribution in [0.3, 0.4) is 0 Å². The van der Waals surface area contributed by atoms with Crippen molar-refractivity contribution < 1.29 is 9.18 Å². The number of hydrogen-bond acceptors (Lipinski definition) is 2. The molecule has 1 aromatic heterocycles. The van der Waals surface area contributed by atoms with E-state index < -0.39 is 0 Å². The molecular formula is C15H18FN3O. The van der Waals surface area contributed by atoms with Crippen molar-refractivity contribution in [1.82, 2.24) is 15.1 Å². The number of carbonyl (C=O) groups is 1. The Balaban J connectivity index is 1.83. The van der Waals surface area contributed by atoms with Gasteiger partial charge in [0.15, 0.2) is 0 Å². The predicted molar refractivity (Wildman–Crippen MR) is 74.8 cm³/mol. The molecule has 1 aromatic carbocycles. The van der Waals surface area contributed by atoms with Crippen LogP contribution in [0.5, 0.6) is 0 Å². The van der Waals surface area contributed by atoms with E-state index >= 15 is 0 Å². The zero-order valence-corrected chi connectivity index (χ0v) is 11.6. The molecule has 0 radical (unpaired) electrons. The summed E-state index contributed by atoms with van der Waals surface area (Å²) >= 11 is 0. The van der Waals surface area contributed by atoms with Crippen LogP contribution in [0.4, 0.5) is 4.39 Å². The lowest BCUT2D eigenvalue weighted by Gasteiger charge is -2.13. The number of carbonyl (C=O) groups excluding carboxylic acids is 1. The standard InChI is InChI=1S/C15H18FN3O/c1-11-8-18-19(10-11)12(2)9-17-15(20)7-13-4-3-5-14(16)6-13/h3-6,8,10,12H,7,9H2,1-2H3,(H,17,20)/t12-/m1/s1. The number of benzene rings is 1. The lowest BCUT2D eigenvalue weighted by molar-refractivity contribution is -0.120. The van der Waals surface area contributed by atoms with Crippen molar-refractivity contribution in [3.05, 3.63) is 53.6 Å². The zero-order chi connectivity index (χ0) is 14.5. The minimum absolute atomic E-state index is 0.0835. The van der Waals surface area contributed by atoms with Crippen LogP contribution in [0.25, 0.3) is 0 Å². The Bertz CT molecular complexity index is 594. The van der Waals surface area contributed by atoms with Crippen molar-refractivity contribution >= 4 is 5.91 Å². The van der Waals surface area contributed by atoms with Crippen molar-refractivity contribution in [2.45, 2.75) is 26.3 Å². The normalized spacial score (nSPS) is 12.2. The summed E-state index contributed by atoms with van der Waals surface area (Å²) in [6.45, 7) is 4.45. The average molecular weight is 275 g/mol. The largest absolute Gasteiger partial charge is 0.354 e. The second kappa shape index (κ2) is 6.32. The fraction of sp³-hybridized carbons (Fsp3) is 0.333. The molecule has 2 rings (SSSR count). The van der Waals surface area contributed by atoms with E-state index in [1.807, 2.05) is 24.7 Å². The first-order chi connectivity index (χ1) is 9.54. The number of nitrogens with one attached hydrogen (secondary N) is 1. The van der Waals surface area contributed by atoms with Gasteiger partial charge in [-0.3, -0.25) is 9.48 Å². The fourth-order valence-corrected chi connectivity index (χ4v) is 1.92. The quantitative estimate of drug-likeness (QED) is 0.909. The highest BCUT2D eigenvalue weighted by atomic mass is 19.1. The number of amides is 1. The molecule has 106 valence electrons. The Morgan fingerprint density at radius 1 is 1.50 bits per heavy atom. The van der Waals surface area contributed by atoms with Crippen molar-refractivity contribution in [2.24, 2.45) is 0 Å². The van der Waals surface area contributed by atoms with Gasteiger partial charge in [-0.1, -0.05) is 12.1 Å². The van der Waals surface area contributed by atoms with Gasteiger partial charge < -0.3 is 5.32 Å². The van der Waals surface area contributed by atoms with E-state index in [-0.39, 0.29) is 24.2 Å². The number of rotatable bonds is 5. The summed E-state index contributed by atoms with van der Waals surface area (Å²) in [5, 5.41) is 7.04. The number of aryl methyl sites for hydroxylation is 1. The van der Waals surface area contributed by atoms with Crippen molar-refractivity contribution in [2.75, 3.05) is 6.54 Å². The van der Waals surface area contributed by atoms with Gasteiger partial charge in [0.05, 0.1) is 18.7 Å². The van der Waals surface area contributed by atoms with E-state index in [2.05, 4.69) is 10.4 Å². The number of halogens is 1. The summed E-state index contributed by atoms with van der Waals surface area (Å²) in [7, 11) is 0. The molecule has 0 fully saturated rings. The Kier molecular flexibility index (Phi) is 4.50. The summed E-state index contributed by atoms with van der Waals surface area (Å²) in [5.41, 5.74) is 1.76. The first-order valence-corrected chi connectivity index (χ1v) is 6.56. The van der Waals surface area contributed by atoms with Gasteiger partial charge in [0, 0.05) is 12.7 Å². The van der Waals surface area contributed by atoms with Crippen LogP contribution >= 0.6 is 0 Å². The SMILES string of the molecule is Cc1cnn([C@H](C)CNC(=O)Cc2cccc(F)c2)c1. The van der Waals surface area contributed by atoms with E-state index in [0.29, 0.717) is 12.1 Å². The highest BCUT2D eigenvalue weighted by Crippen LogP contribution is 2.06. The van der Waals surface area contributed by atoms with Crippen LogP contribution in [-0.2, 0) is 11.2 Å². The van der Waals surface area contributed by atoms with Gasteiger partial charge in [-0.2, -0.15) is 5.10 Å². The van der Waals surface area contributed by atoms with Gasteiger partial charge in [0.1, 0.15) is 5.82 Å². The number of aromatic nitrogens is 2. The predicted octanol–water partition coefficient (Wildman–Crippen LogP) is 2.25. The topological polar surface area (TPSA) is 46.9 Å². The van der Waals surface area contributed by atoms with Gasteiger partial charge in [-0.25, -0.2) is 4.39 Å². The summed E-state index contributed by atoms with van der Waals surface area (Å²) < 4.78 is 14.8. The Morgan fingerprint density at radius 2 is 2.30 bits per heavy atom. The first kappa shape index (κ1) is 14.2. The number of hydrogen-bond donors (Lipinski definition) is 1. The van der Waals surface area contributed by atoms with E-state index in [1.54, 1.807) is 18.3 Å². The summed E-state index contributed by atoms with van der Waals surface area (Å²) in [6, 6.07) is 6.17. The Labute approximate surface area is 117 Å². The lowest BCUT2D eigenvalue weighted by Crippen LogP contribution is -2.30. The van der Waals surface area contributed by atoms with Gasteiger partial charge in [-0.15, -0.1) is 0 Å². The lowest BCUT2D eigenvalue weighted by atomic mass is 10.1. The molecule has 5 heteroatoms. The van der Waals surface area contributed by atoms with Crippen LogP contribution in [0.15, 0.2) is 36.7 Å². The fourth-order valence-electron chi connectivity index (χ4n) is 1.92. The second-order valence-corrected chi connectivity index (χ2v) is 4.96. The van der Waals surface area contributed by atoms with Crippen LogP contribution in [0.1, 0.15) is 24.1 Å². The minimum Gasteiger partial charge on any atom is -0.354 e. The molecule has 0 saturated heterocycles. The molecule has 20 heavy (non-hydrogen) atoms. The third-order valence-corrected chi connectivity index (χ3v) is 3.03. The first-order valence-electron chi connectivity index (χ1n) is 6.56. The molecule has 1 atom stereocenters. The maximum absolute atomic E-state index is 13.0. The monoisotopic (exact) mass is 275 g/mol. The van der Waals surface area contributed by atoms with Crippen molar-refractivity contribution in [3.63, 3.8) is 0 Å². The van der Waals surface area contributed by atoms with Crippen LogP contribution in [-0.4, -0.2) is 22.2 Å². The molecule has 0 aliphatic heterocycles. The molecule has 2 aromatic rings. The van der Waals surface area contributed by atoms with E-state index in [1.165, 1.54) is 12.1 Å². The second-order valence-electron chi connectivity index (χ2n) is 4.96. The van der Waals surface area contributed by atoms with Crippen molar-refractivity contribution in [1.29, 1.82) is 0 Å². The smallest absolute Gasteiger partial charge is 0.224 e. The van der Waals surface area contributed by atoms with Gasteiger partial charge >= 0.3 is 0 Å². The molecule has 1 heterocycles. The molecule has 0 aliphatic rings. The molecule has 0 unspecified atom stereocenters. The molecule has 0 aliphatic carbocycles. The van der Waals surface area contributed by atoms with Crippen molar-refractivity contribution in [3.8, 4) is 0 Å². The maximum Gasteiger partial charge on any atom is 0.224 e. The highest BCUT2D eigenvalue weighted by molar-refractivity contribution is 5.78. The number of nitrogens with zero attached hydrogens (tertiary/aromatic N) is 2. The Morgan fingerprint density at radius 3 is 2.95 bits per heavy atom. The molecule has 0 saturated carbocycles. The van der Waals surface area contributed by atoms with Crippen LogP contribution in [0.2, 0.25) is 0 Å². The molecule has 0 spiro atoms. The van der Waals surface area contributed by atoms with Crippen LogP contribution in [0, 0.1) is 12.7 Å². The maximum atomic E-state index is 13.0. The van der Waals surface area contributed by atoms with E-state index in [0.717, 1.165) is 5.56 Å². The van der Waals surface area contributed by atoms with Crippen LogP contribution < -0.4 is 5.32 Å². The molecule has 0 bridgehead atoms. The molecule has 4 nitrogen and oxygen atoms in total. The zero-order valence-electron chi connectivity index (χ0n) is 11.6. The van der Waals surface area contributed by atoms with E-state index in [4.69, 9.17) is 0 Å². The molecule has 1 N–H and O–H groups in total. The Hall–Kier alpha value is -2.17. The van der Waals surface area contributed by atoms with Gasteiger partial charge in [-0.05, 0) is 37.1 Å². The van der Waals surface area contributed by atoms with Gasteiger partial charge in [0.25, 0.3) is 0 Å².